The Morgan fingerprint density at radius 2 is 2.42 bits per heavy atom. The highest BCUT2D eigenvalue weighted by Gasteiger charge is 2.28. The van der Waals surface area contributed by atoms with Crippen LogP contribution in [0.5, 0.6) is 0 Å². The highest BCUT2D eigenvalue weighted by Crippen LogP contribution is 2.28. The molecule has 0 spiro atoms. The number of aromatic amines is 1. The van der Waals surface area contributed by atoms with Gasteiger partial charge in [-0.25, -0.2) is 0 Å². The van der Waals surface area contributed by atoms with Gasteiger partial charge in [0, 0.05) is 12.1 Å². The van der Waals surface area contributed by atoms with Gasteiger partial charge in [-0.1, -0.05) is 6.08 Å². The average Bonchev–Trinajstić information content (AvgIpc) is 3.01. The molecule has 0 radical (unpaired) electrons. The van der Waals surface area contributed by atoms with E-state index in [-0.39, 0.29) is 11.9 Å². The van der Waals surface area contributed by atoms with Crippen LogP contribution >= 0.6 is 0 Å². The fourth-order valence-corrected chi connectivity index (χ4v) is 2.23. The predicted molar refractivity (Wildman–Crippen MR) is 70.5 cm³/mol. The van der Waals surface area contributed by atoms with Crippen molar-refractivity contribution >= 4 is 5.91 Å². The molecule has 0 saturated heterocycles. The highest BCUT2D eigenvalue weighted by molar-refractivity contribution is 5.93. The Labute approximate surface area is 110 Å². The molecule has 1 aliphatic rings. The molecule has 2 aromatic rings. The molecule has 3 rings (SSSR count). The first kappa shape index (κ1) is 11.8. The summed E-state index contributed by atoms with van der Waals surface area (Å²) in [6.07, 6.45) is 5.45. The summed E-state index contributed by atoms with van der Waals surface area (Å²) in [5.74, 6) is 1.05. The van der Waals surface area contributed by atoms with Gasteiger partial charge in [0.05, 0.1) is 6.26 Å². The molecule has 5 nitrogen and oxygen atoms in total. The van der Waals surface area contributed by atoms with Crippen LogP contribution < -0.4 is 5.32 Å². The molecule has 5 heteroatoms. The van der Waals surface area contributed by atoms with Crippen molar-refractivity contribution in [2.45, 2.75) is 18.9 Å². The zero-order valence-corrected chi connectivity index (χ0v) is 10.4. The smallest absolute Gasteiger partial charge is 0.272 e. The number of rotatable bonds is 4. The van der Waals surface area contributed by atoms with E-state index < -0.39 is 0 Å². The monoisotopic (exact) mass is 257 g/mol. The van der Waals surface area contributed by atoms with Gasteiger partial charge in [0.25, 0.3) is 5.91 Å². The number of nitrogens with one attached hydrogen (secondary N) is 2. The lowest BCUT2D eigenvalue weighted by molar-refractivity contribution is 0.0898. The maximum atomic E-state index is 12.0. The molecule has 0 atom stereocenters. The van der Waals surface area contributed by atoms with Crippen LogP contribution in [-0.4, -0.2) is 22.1 Å². The summed E-state index contributed by atoms with van der Waals surface area (Å²) in [4.78, 5) is 12.0. The first-order valence-corrected chi connectivity index (χ1v) is 6.29. The van der Waals surface area contributed by atoms with Gasteiger partial charge >= 0.3 is 0 Å². The van der Waals surface area contributed by atoms with Crippen LogP contribution in [0.25, 0.3) is 11.5 Å². The van der Waals surface area contributed by atoms with E-state index in [1.807, 2.05) is 12.1 Å². The van der Waals surface area contributed by atoms with Crippen molar-refractivity contribution in [2.75, 3.05) is 0 Å². The van der Waals surface area contributed by atoms with Gasteiger partial charge in [0.2, 0.25) is 0 Å². The van der Waals surface area contributed by atoms with E-state index in [2.05, 4.69) is 22.1 Å². The molecule has 0 bridgehead atoms. The number of carbonyl (C=O) groups is 1. The number of H-pyrrole nitrogens is 1. The van der Waals surface area contributed by atoms with Crippen LogP contribution in [0.1, 0.15) is 23.3 Å². The lowest BCUT2D eigenvalue weighted by Gasteiger charge is -2.33. The van der Waals surface area contributed by atoms with Crippen LogP contribution in [0, 0.1) is 5.92 Å². The van der Waals surface area contributed by atoms with Crippen molar-refractivity contribution in [3.8, 4) is 11.5 Å². The van der Waals surface area contributed by atoms with Gasteiger partial charge in [0.1, 0.15) is 5.69 Å². The number of nitrogens with zero attached hydrogens (tertiary/aromatic N) is 1. The molecular formula is C14H15N3O2. The fraction of sp³-hybridized carbons (Fsp3) is 0.286. The molecule has 2 aromatic heterocycles. The Morgan fingerprint density at radius 1 is 1.58 bits per heavy atom. The molecule has 2 N–H and O–H groups in total. The molecule has 0 unspecified atom stereocenters. The van der Waals surface area contributed by atoms with Crippen molar-refractivity contribution in [3.63, 3.8) is 0 Å². The van der Waals surface area contributed by atoms with Crippen LogP contribution in [0.4, 0.5) is 0 Å². The Morgan fingerprint density at radius 3 is 3.11 bits per heavy atom. The summed E-state index contributed by atoms with van der Waals surface area (Å²) in [5.41, 5.74) is 1.08. The SMILES string of the molecule is C=CC1CC(NC(=O)c2cc(-c3ccco3)[nH]n2)C1. The highest BCUT2D eigenvalue weighted by atomic mass is 16.3. The molecular weight excluding hydrogens is 242 g/mol. The topological polar surface area (TPSA) is 70.9 Å². The Hall–Kier alpha value is -2.30. The molecule has 0 aliphatic heterocycles. The van der Waals surface area contributed by atoms with E-state index in [4.69, 9.17) is 4.42 Å². The zero-order valence-electron chi connectivity index (χ0n) is 10.4. The molecule has 1 aliphatic carbocycles. The van der Waals surface area contributed by atoms with Crippen LogP contribution in [-0.2, 0) is 0 Å². The number of carbonyl (C=O) groups excluding carboxylic acids is 1. The lowest BCUT2D eigenvalue weighted by Crippen LogP contribution is -2.43. The molecule has 19 heavy (non-hydrogen) atoms. The largest absolute Gasteiger partial charge is 0.463 e. The number of hydrogen-bond donors (Lipinski definition) is 2. The van der Waals surface area contributed by atoms with Gasteiger partial charge in [-0.15, -0.1) is 6.58 Å². The maximum Gasteiger partial charge on any atom is 0.272 e. The second kappa shape index (κ2) is 4.76. The number of aromatic nitrogens is 2. The van der Waals surface area contributed by atoms with Crippen molar-refractivity contribution in [3.05, 3.63) is 42.8 Å². The third kappa shape index (κ3) is 2.31. The summed E-state index contributed by atoms with van der Waals surface area (Å²) in [6, 6.07) is 5.53. The van der Waals surface area contributed by atoms with E-state index >= 15 is 0 Å². The quantitative estimate of drug-likeness (QED) is 0.826. The van der Waals surface area contributed by atoms with Crippen molar-refractivity contribution < 1.29 is 9.21 Å². The fourth-order valence-electron chi connectivity index (χ4n) is 2.23. The van der Waals surface area contributed by atoms with E-state index in [1.165, 1.54) is 0 Å². The Balaban J connectivity index is 1.63. The average molecular weight is 257 g/mol. The summed E-state index contributed by atoms with van der Waals surface area (Å²) in [7, 11) is 0. The van der Waals surface area contributed by atoms with Crippen molar-refractivity contribution in [1.82, 2.24) is 15.5 Å². The van der Waals surface area contributed by atoms with Gasteiger partial charge in [-0.3, -0.25) is 9.89 Å². The molecule has 98 valence electrons. The Kier molecular flexibility index (Phi) is 2.95. The van der Waals surface area contributed by atoms with Crippen LogP contribution in [0.15, 0.2) is 41.5 Å². The van der Waals surface area contributed by atoms with E-state index in [1.54, 1.807) is 18.4 Å². The second-order valence-corrected chi connectivity index (χ2v) is 4.78. The van der Waals surface area contributed by atoms with Crippen molar-refractivity contribution in [2.24, 2.45) is 5.92 Å². The van der Waals surface area contributed by atoms with Gasteiger partial charge in [-0.2, -0.15) is 5.10 Å². The number of hydrogen-bond acceptors (Lipinski definition) is 3. The van der Waals surface area contributed by atoms with Gasteiger partial charge < -0.3 is 9.73 Å². The minimum Gasteiger partial charge on any atom is -0.463 e. The van der Waals surface area contributed by atoms with Crippen LogP contribution in [0.2, 0.25) is 0 Å². The lowest BCUT2D eigenvalue weighted by atomic mass is 9.80. The first-order valence-electron chi connectivity index (χ1n) is 6.29. The van der Waals surface area contributed by atoms with E-state index in [9.17, 15) is 4.79 Å². The molecule has 2 heterocycles. The third-order valence-corrected chi connectivity index (χ3v) is 3.44. The maximum absolute atomic E-state index is 12.0. The Bertz CT molecular complexity index is 580. The van der Waals surface area contributed by atoms with Gasteiger partial charge in [0.15, 0.2) is 11.5 Å². The summed E-state index contributed by atoms with van der Waals surface area (Å²) in [5, 5.41) is 9.76. The first-order chi connectivity index (χ1) is 9.26. The van der Waals surface area contributed by atoms with Crippen LogP contribution in [0.3, 0.4) is 0 Å². The zero-order chi connectivity index (χ0) is 13.2. The molecule has 0 aromatic carbocycles. The summed E-state index contributed by atoms with van der Waals surface area (Å²) in [6.45, 7) is 3.75. The minimum atomic E-state index is -0.151. The summed E-state index contributed by atoms with van der Waals surface area (Å²) < 4.78 is 5.24. The third-order valence-electron chi connectivity index (χ3n) is 3.44. The van der Waals surface area contributed by atoms with E-state index in [0.29, 0.717) is 23.1 Å². The number of allylic oxidation sites excluding steroid dienone is 1. The number of furan rings is 1. The normalized spacial score (nSPS) is 21.7. The van der Waals surface area contributed by atoms with Crippen molar-refractivity contribution in [1.29, 1.82) is 0 Å². The molecule has 1 saturated carbocycles. The second-order valence-electron chi connectivity index (χ2n) is 4.78. The molecule has 1 amide bonds. The number of amides is 1. The standard InChI is InChI=1S/C14H15N3O2/c1-2-9-6-10(7-9)15-14(18)12-8-11(16-17-12)13-4-3-5-19-13/h2-5,8-10H,1,6-7H2,(H,15,18)(H,16,17). The molecule has 1 fully saturated rings. The predicted octanol–water partition coefficient (Wildman–Crippen LogP) is 2.36. The summed E-state index contributed by atoms with van der Waals surface area (Å²) >= 11 is 0. The van der Waals surface area contributed by atoms with E-state index in [0.717, 1.165) is 12.8 Å². The van der Waals surface area contributed by atoms with Gasteiger partial charge in [-0.05, 0) is 30.9 Å². The minimum absolute atomic E-state index is 0.151.